The molecule has 1 aromatic rings. The Morgan fingerprint density at radius 1 is 0.542 bits per heavy atom. The van der Waals surface area contributed by atoms with E-state index in [2.05, 4.69) is 42.1 Å². The van der Waals surface area contributed by atoms with Crippen molar-refractivity contribution >= 4 is 42.0 Å². The molecule has 0 unspecified atom stereocenters. The predicted molar refractivity (Wildman–Crippen MR) is 111 cm³/mol. The van der Waals surface area contributed by atoms with Gasteiger partial charge in [-0.2, -0.15) is 0 Å². The van der Waals surface area contributed by atoms with Gasteiger partial charge in [0, 0.05) is 18.6 Å². The summed E-state index contributed by atoms with van der Waals surface area (Å²) in [5.41, 5.74) is 0. The fraction of sp³-hybridized carbons (Fsp3) is 0.762. The number of nitrogens with zero attached hydrogens (tertiary/aromatic N) is 1. The van der Waals surface area contributed by atoms with Crippen LogP contribution in [0, 0.1) is 0 Å². The van der Waals surface area contributed by atoms with Crippen molar-refractivity contribution in [3.8, 4) is 0 Å². The van der Waals surface area contributed by atoms with Crippen LogP contribution < -0.4 is 4.57 Å². The van der Waals surface area contributed by atoms with Crippen LogP contribution in [0.2, 0.25) is 0 Å². The number of rotatable bonds is 15. The first kappa shape index (κ1) is 26.7. The van der Waals surface area contributed by atoms with E-state index in [-0.39, 0.29) is 42.0 Å². The molecule has 0 radical (unpaired) electrons. The van der Waals surface area contributed by atoms with Crippen LogP contribution in [-0.2, 0) is 6.54 Å². The van der Waals surface area contributed by atoms with Gasteiger partial charge >= 0.3 is 29.6 Å². The Balaban J connectivity index is 0. The minimum absolute atomic E-state index is 0. The molecule has 24 heavy (non-hydrogen) atoms. The van der Waals surface area contributed by atoms with Gasteiger partial charge in [0.15, 0.2) is 12.4 Å². The van der Waals surface area contributed by atoms with E-state index < -0.39 is 0 Å². The van der Waals surface area contributed by atoms with E-state index in [0.29, 0.717) is 0 Å². The van der Waals surface area contributed by atoms with Crippen LogP contribution in [0.1, 0.15) is 96.8 Å². The van der Waals surface area contributed by atoms with Crippen LogP contribution in [0.5, 0.6) is 0 Å². The Hall–Kier alpha value is 0.440. The summed E-state index contributed by atoms with van der Waals surface area (Å²) in [6.45, 7) is 3.47. The third kappa shape index (κ3) is 17.3. The van der Waals surface area contributed by atoms with E-state index in [1.165, 1.54) is 96.4 Å². The van der Waals surface area contributed by atoms with E-state index in [4.69, 9.17) is 0 Å². The van der Waals surface area contributed by atoms with E-state index in [1.54, 1.807) is 0 Å². The zero-order chi connectivity index (χ0) is 15.7. The zero-order valence-electron chi connectivity index (χ0n) is 15.3. The van der Waals surface area contributed by atoms with E-state index >= 15 is 0 Å². The second-order valence-corrected chi connectivity index (χ2v) is 6.71. The molecule has 0 bridgehead atoms. The fourth-order valence-electron chi connectivity index (χ4n) is 3.07. The SMILES string of the molecule is CCCCCCCCCCCCCCCC[n+]1ccccc1.Cl.[NaH]. The van der Waals surface area contributed by atoms with Gasteiger partial charge in [-0.25, -0.2) is 4.57 Å². The number of aryl methyl sites for hydroxylation is 1. The van der Waals surface area contributed by atoms with Gasteiger partial charge in [0.1, 0.15) is 6.54 Å². The van der Waals surface area contributed by atoms with Crippen molar-refractivity contribution in [2.45, 2.75) is 103 Å². The predicted octanol–water partition coefficient (Wildman–Crippen LogP) is 6.23. The van der Waals surface area contributed by atoms with Gasteiger partial charge < -0.3 is 0 Å². The summed E-state index contributed by atoms with van der Waals surface area (Å²) < 4.78 is 2.29. The van der Waals surface area contributed by atoms with Crippen molar-refractivity contribution in [2.24, 2.45) is 0 Å². The molecule has 136 valence electrons. The normalized spacial score (nSPS) is 10.0. The first-order valence-electron chi connectivity index (χ1n) is 9.87. The number of aromatic nitrogens is 1. The summed E-state index contributed by atoms with van der Waals surface area (Å²) in [7, 11) is 0. The maximum atomic E-state index is 2.29. The summed E-state index contributed by atoms with van der Waals surface area (Å²) in [5, 5.41) is 0. The summed E-state index contributed by atoms with van der Waals surface area (Å²) in [6.07, 6.45) is 24.4. The number of hydrogen-bond acceptors (Lipinski definition) is 0. The average Bonchev–Trinajstić information content (AvgIpc) is 2.56. The molecule has 0 amide bonds. The third-order valence-corrected chi connectivity index (χ3v) is 4.55. The Morgan fingerprint density at radius 3 is 1.33 bits per heavy atom. The molecule has 0 saturated carbocycles. The Morgan fingerprint density at radius 2 is 0.917 bits per heavy atom. The number of hydrogen-bond donors (Lipinski definition) is 0. The van der Waals surface area contributed by atoms with Gasteiger partial charge in [-0.15, -0.1) is 12.4 Å². The number of pyridine rings is 1. The summed E-state index contributed by atoms with van der Waals surface area (Å²) in [6, 6.07) is 6.31. The molecule has 1 heterocycles. The first-order valence-corrected chi connectivity index (χ1v) is 9.87. The summed E-state index contributed by atoms with van der Waals surface area (Å²) in [5.74, 6) is 0. The molecule has 0 aliphatic heterocycles. The van der Waals surface area contributed by atoms with Crippen molar-refractivity contribution < 1.29 is 4.57 Å². The quantitative estimate of drug-likeness (QED) is 0.197. The van der Waals surface area contributed by atoms with E-state index in [9.17, 15) is 0 Å². The molecule has 1 nitrogen and oxygen atoms in total. The number of halogens is 1. The Labute approximate surface area is 179 Å². The molecule has 1 rings (SSSR count). The zero-order valence-corrected chi connectivity index (χ0v) is 16.2. The molecule has 0 N–H and O–H groups in total. The minimum atomic E-state index is 0. The van der Waals surface area contributed by atoms with Crippen LogP contribution in [-0.4, -0.2) is 29.6 Å². The van der Waals surface area contributed by atoms with Gasteiger partial charge in [0.2, 0.25) is 0 Å². The van der Waals surface area contributed by atoms with Crippen LogP contribution in [0.25, 0.3) is 0 Å². The monoisotopic (exact) mass is 364 g/mol. The van der Waals surface area contributed by atoms with Crippen molar-refractivity contribution in [3.63, 3.8) is 0 Å². The van der Waals surface area contributed by atoms with Crippen LogP contribution >= 0.6 is 12.4 Å². The van der Waals surface area contributed by atoms with Crippen molar-refractivity contribution in [3.05, 3.63) is 30.6 Å². The molecular formula is C21H40ClNNa+. The molecule has 0 atom stereocenters. The summed E-state index contributed by atoms with van der Waals surface area (Å²) in [4.78, 5) is 0. The molecule has 1 aromatic heterocycles. The van der Waals surface area contributed by atoms with Crippen molar-refractivity contribution in [1.82, 2.24) is 0 Å². The van der Waals surface area contributed by atoms with E-state index in [0.717, 1.165) is 0 Å². The van der Waals surface area contributed by atoms with Gasteiger partial charge in [-0.05, 0) is 6.42 Å². The molecule has 0 fully saturated rings. The van der Waals surface area contributed by atoms with Crippen LogP contribution in [0.4, 0.5) is 0 Å². The second kappa shape index (κ2) is 21.5. The third-order valence-electron chi connectivity index (χ3n) is 4.55. The maximum absolute atomic E-state index is 2.29. The molecule has 0 aromatic carbocycles. The molecule has 3 heteroatoms. The average molecular weight is 365 g/mol. The van der Waals surface area contributed by atoms with E-state index in [1.807, 2.05) is 0 Å². The summed E-state index contributed by atoms with van der Waals surface area (Å²) >= 11 is 0. The molecule has 0 aliphatic carbocycles. The second-order valence-electron chi connectivity index (χ2n) is 6.71. The fourth-order valence-corrected chi connectivity index (χ4v) is 3.07. The molecule has 0 aliphatic rings. The number of unbranched alkanes of at least 4 members (excludes halogenated alkanes) is 13. The van der Waals surface area contributed by atoms with Crippen molar-refractivity contribution in [1.29, 1.82) is 0 Å². The van der Waals surface area contributed by atoms with Gasteiger partial charge in [-0.3, -0.25) is 0 Å². The Bertz CT molecular complexity index is 332. The van der Waals surface area contributed by atoms with Gasteiger partial charge in [0.05, 0.1) is 0 Å². The molecule has 0 spiro atoms. The van der Waals surface area contributed by atoms with Gasteiger partial charge in [0.25, 0.3) is 0 Å². The topological polar surface area (TPSA) is 3.88 Å². The Kier molecular flexibility index (Phi) is 23.9. The van der Waals surface area contributed by atoms with Gasteiger partial charge in [-0.1, -0.05) is 90.0 Å². The first-order chi connectivity index (χ1) is 10.9. The van der Waals surface area contributed by atoms with Crippen molar-refractivity contribution in [2.75, 3.05) is 0 Å². The van der Waals surface area contributed by atoms with Crippen LogP contribution in [0.15, 0.2) is 30.6 Å². The van der Waals surface area contributed by atoms with Crippen LogP contribution in [0.3, 0.4) is 0 Å². The molecule has 0 saturated heterocycles. The standard InChI is InChI=1S/C21H38N.ClH.Na.H/c1-2-3-4-5-6-7-8-9-10-11-12-13-14-16-19-22-20-17-15-18-21-22;;;/h15,17-18,20-21H,2-14,16,19H2,1H3;1H;;/q+1;;;. The molecular weight excluding hydrogens is 325 g/mol.